The van der Waals surface area contributed by atoms with Crippen LogP contribution in [0.1, 0.15) is 13.3 Å². The Balaban J connectivity index is 2.49. The van der Waals surface area contributed by atoms with E-state index in [0.29, 0.717) is 5.92 Å². The molecule has 1 saturated heterocycles. The zero-order valence-corrected chi connectivity index (χ0v) is 7.23. The van der Waals surface area contributed by atoms with Gasteiger partial charge in [0, 0.05) is 6.54 Å². The first-order valence-electron chi connectivity index (χ1n) is 4.23. The highest BCUT2D eigenvalue weighted by Crippen LogP contribution is 2.17. The van der Waals surface area contributed by atoms with Crippen LogP contribution in [-0.2, 0) is 4.79 Å². The maximum absolute atomic E-state index is 10.6. The van der Waals surface area contributed by atoms with Crippen LogP contribution in [0.5, 0.6) is 0 Å². The Morgan fingerprint density at radius 1 is 1.75 bits per heavy atom. The van der Waals surface area contributed by atoms with E-state index in [2.05, 4.69) is 6.92 Å². The van der Waals surface area contributed by atoms with E-state index in [1.807, 2.05) is 4.90 Å². The number of carboxylic acids is 1. The summed E-state index contributed by atoms with van der Waals surface area (Å²) in [6.07, 6.45) is 1.03. The lowest BCUT2D eigenvalue weighted by Gasteiger charge is -2.21. The standard InChI is InChI=1S/C8H15NO3/c1-6-2-3-9(4-6)7(5-10)8(11)12/h6-7,10H,2-5H2,1H3,(H,11,12)/t6?,7-/m0/s1. The Morgan fingerprint density at radius 3 is 2.75 bits per heavy atom. The van der Waals surface area contributed by atoms with Crippen molar-refractivity contribution in [2.45, 2.75) is 19.4 Å². The van der Waals surface area contributed by atoms with Crippen LogP contribution in [0.15, 0.2) is 0 Å². The lowest BCUT2D eigenvalue weighted by Crippen LogP contribution is -2.42. The first-order valence-corrected chi connectivity index (χ1v) is 4.23. The molecule has 0 aromatic carbocycles. The molecule has 0 saturated carbocycles. The minimum atomic E-state index is -0.924. The quantitative estimate of drug-likeness (QED) is 0.619. The van der Waals surface area contributed by atoms with Gasteiger partial charge in [-0.3, -0.25) is 9.69 Å². The Labute approximate surface area is 71.8 Å². The molecule has 1 fully saturated rings. The van der Waals surface area contributed by atoms with Gasteiger partial charge in [0.2, 0.25) is 0 Å². The lowest BCUT2D eigenvalue weighted by atomic mass is 10.2. The Kier molecular flexibility index (Phi) is 3.05. The average molecular weight is 173 g/mol. The number of likely N-dealkylation sites (tertiary alicyclic amines) is 1. The third kappa shape index (κ3) is 1.95. The number of hydrogen-bond acceptors (Lipinski definition) is 3. The van der Waals surface area contributed by atoms with Crippen molar-refractivity contribution < 1.29 is 15.0 Å². The van der Waals surface area contributed by atoms with Crippen molar-refractivity contribution in [2.24, 2.45) is 5.92 Å². The number of aliphatic hydroxyl groups excluding tert-OH is 1. The maximum Gasteiger partial charge on any atom is 0.323 e. The SMILES string of the molecule is CC1CCN([C@@H](CO)C(=O)O)C1. The van der Waals surface area contributed by atoms with E-state index in [1.54, 1.807) is 0 Å². The van der Waals surface area contributed by atoms with E-state index in [9.17, 15) is 4.79 Å². The summed E-state index contributed by atoms with van der Waals surface area (Å²) in [5.74, 6) is -0.370. The molecule has 1 unspecified atom stereocenters. The van der Waals surface area contributed by atoms with Gasteiger partial charge in [-0.1, -0.05) is 6.92 Å². The summed E-state index contributed by atoms with van der Waals surface area (Å²) in [5, 5.41) is 17.5. The fourth-order valence-electron chi connectivity index (χ4n) is 1.60. The highest BCUT2D eigenvalue weighted by molar-refractivity contribution is 5.73. The van der Waals surface area contributed by atoms with E-state index in [0.717, 1.165) is 19.5 Å². The number of aliphatic carboxylic acids is 1. The fraction of sp³-hybridized carbons (Fsp3) is 0.875. The van der Waals surface area contributed by atoms with Crippen LogP contribution in [0.3, 0.4) is 0 Å². The highest BCUT2D eigenvalue weighted by Gasteiger charge is 2.29. The van der Waals surface area contributed by atoms with E-state index < -0.39 is 12.0 Å². The largest absolute Gasteiger partial charge is 0.480 e. The molecular weight excluding hydrogens is 158 g/mol. The zero-order chi connectivity index (χ0) is 9.14. The topological polar surface area (TPSA) is 60.8 Å². The molecule has 0 amide bonds. The smallest absolute Gasteiger partial charge is 0.323 e. The summed E-state index contributed by atoms with van der Waals surface area (Å²) in [6, 6.07) is -0.699. The Morgan fingerprint density at radius 2 is 2.42 bits per heavy atom. The molecular formula is C8H15NO3. The van der Waals surface area contributed by atoms with Crippen molar-refractivity contribution in [1.82, 2.24) is 4.90 Å². The minimum absolute atomic E-state index is 0.290. The number of hydrogen-bond donors (Lipinski definition) is 2. The summed E-state index contributed by atoms with van der Waals surface area (Å²) >= 11 is 0. The van der Waals surface area contributed by atoms with Gasteiger partial charge in [-0.15, -0.1) is 0 Å². The van der Waals surface area contributed by atoms with Crippen molar-refractivity contribution in [3.63, 3.8) is 0 Å². The molecule has 4 nitrogen and oxygen atoms in total. The molecule has 0 spiro atoms. The van der Waals surface area contributed by atoms with Crippen LogP contribution in [0.2, 0.25) is 0 Å². The van der Waals surface area contributed by atoms with Crippen molar-refractivity contribution in [3.8, 4) is 0 Å². The second kappa shape index (κ2) is 3.87. The van der Waals surface area contributed by atoms with Crippen LogP contribution in [0, 0.1) is 5.92 Å². The van der Waals surface area contributed by atoms with Crippen molar-refractivity contribution in [3.05, 3.63) is 0 Å². The second-order valence-electron chi connectivity index (χ2n) is 3.43. The summed E-state index contributed by atoms with van der Waals surface area (Å²) in [5.41, 5.74) is 0. The third-order valence-corrected chi connectivity index (χ3v) is 2.35. The molecule has 0 aromatic heterocycles. The minimum Gasteiger partial charge on any atom is -0.480 e. The van der Waals surface area contributed by atoms with Gasteiger partial charge in [0.1, 0.15) is 6.04 Å². The monoisotopic (exact) mass is 173 g/mol. The molecule has 2 N–H and O–H groups in total. The predicted molar refractivity (Wildman–Crippen MR) is 43.9 cm³/mol. The van der Waals surface area contributed by atoms with Crippen LogP contribution < -0.4 is 0 Å². The van der Waals surface area contributed by atoms with Crippen LogP contribution in [0.4, 0.5) is 0 Å². The highest BCUT2D eigenvalue weighted by atomic mass is 16.4. The summed E-state index contributed by atoms with van der Waals surface area (Å²) in [6.45, 7) is 3.38. The van der Waals surface area contributed by atoms with Gasteiger partial charge >= 0.3 is 5.97 Å². The summed E-state index contributed by atoms with van der Waals surface area (Å²) in [7, 11) is 0. The van der Waals surface area contributed by atoms with Crippen LogP contribution >= 0.6 is 0 Å². The van der Waals surface area contributed by atoms with Crippen molar-refractivity contribution >= 4 is 5.97 Å². The van der Waals surface area contributed by atoms with Gasteiger partial charge in [0.25, 0.3) is 0 Å². The predicted octanol–water partition coefficient (Wildman–Crippen LogP) is -0.226. The number of carbonyl (C=O) groups is 1. The third-order valence-electron chi connectivity index (χ3n) is 2.35. The second-order valence-corrected chi connectivity index (χ2v) is 3.43. The molecule has 2 atom stereocenters. The van der Waals surface area contributed by atoms with Gasteiger partial charge in [0.15, 0.2) is 0 Å². The summed E-state index contributed by atoms with van der Waals surface area (Å²) < 4.78 is 0. The molecule has 1 heterocycles. The maximum atomic E-state index is 10.6. The molecule has 0 aromatic rings. The van der Waals surface area contributed by atoms with Gasteiger partial charge in [-0.25, -0.2) is 0 Å². The van der Waals surface area contributed by atoms with Crippen LogP contribution in [-0.4, -0.2) is 46.8 Å². The van der Waals surface area contributed by atoms with E-state index in [-0.39, 0.29) is 6.61 Å². The number of nitrogens with zero attached hydrogens (tertiary/aromatic N) is 1. The molecule has 1 aliphatic rings. The van der Waals surface area contributed by atoms with Crippen molar-refractivity contribution in [1.29, 1.82) is 0 Å². The van der Waals surface area contributed by atoms with E-state index in [4.69, 9.17) is 10.2 Å². The number of carboxylic acid groups (broad SMARTS) is 1. The normalized spacial score (nSPS) is 27.3. The first-order chi connectivity index (χ1) is 5.65. The molecule has 0 aliphatic carbocycles. The Hall–Kier alpha value is -0.610. The zero-order valence-electron chi connectivity index (χ0n) is 7.23. The van der Waals surface area contributed by atoms with Crippen molar-refractivity contribution in [2.75, 3.05) is 19.7 Å². The average Bonchev–Trinajstić information content (AvgIpc) is 2.37. The Bertz CT molecular complexity index is 172. The van der Waals surface area contributed by atoms with Gasteiger partial charge < -0.3 is 10.2 Å². The van der Waals surface area contributed by atoms with E-state index in [1.165, 1.54) is 0 Å². The van der Waals surface area contributed by atoms with Gasteiger partial charge in [0.05, 0.1) is 6.61 Å². The number of aliphatic hydroxyl groups is 1. The number of rotatable bonds is 3. The lowest BCUT2D eigenvalue weighted by molar-refractivity contribution is -0.144. The molecule has 12 heavy (non-hydrogen) atoms. The molecule has 70 valence electrons. The van der Waals surface area contributed by atoms with Gasteiger partial charge in [-0.2, -0.15) is 0 Å². The van der Waals surface area contributed by atoms with Crippen LogP contribution in [0.25, 0.3) is 0 Å². The first kappa shape index (κ1) is 9.48. The molecule has 1 aliphatic heterocycles. The molecule has 0 radical (unpaired) electrons. The fourth-order valence-corrected chi connectivity index (χ4v) is 1.60. The summed E-state index contributed by atoms with van der Waals surface area (Å²) in [4.78, 5) is 12.4. The molecule has 0 bridgehead atoms. The van der Waals surface area contributed by atoms with E-state index >= 15 is 0 Å². The van der Waals surface area contributed by atoms with Gasteiger partial charge in [-0.05, 0) is 18.9 Å². The molecule has 4 heteroatoms. The molecule has 1 rings (SSSR count).